The molecule has 0 aromatic heterocycles. The van der Waals surface area contributed by atoms with Gasteiger partial charge < -0.3 is 10.6 Å². The Labute approximate surface area is 152 Å². The fourth-order valence-electron chi connectivity index (χ4n) is 2.90. The summed E-state index contributed by atoms with van der Waals surface area (Å²) in [5, 5.41) is 6.25. The predicted octanol–water partition coefficient (Wildman–Crippen LogP) is 2.47. The summed E-state index contributed by atoms with van der Waals surface area (Å²) >= 11 is 0. The predicted molar refractivity (Wildman–Crippen MR) is 100 cm³/mol. The van der Waals surface area contributed by atoms with E-state index in [1.54, 1.807) is 0 Å². The summed E-state index contributed by atoms with van der Waals surface area (Å²) in [6, 6.07) is 10.8. The highest BCUT2D eigenvalue weighted by Crippen LogP contribution is 2.14. The van der Waals surface area contributed by atoms with E-state index in [0.29, 0.717) is 0 Å². The molecule has 1 aliphatic heterocycles. The van der Waals surface area contributed by atoms with Crippen molar-refractivity contribution >= 4 is 30.7 Å². The second-order valence-corrected chi connectivity index (χ2v) is 6.03. The lowest BCUT2D eigenvalue weighted by atomic mass is 10.0. The summed E-state index contributed by atoms with van der Waals surface area (Å²) in [4.78, 5) is 14.5. The van der Waals surface area contributed by atoms with Gasteiger partial charge in [0.05, 0.1) is 0 Å². The van der Waals surface area contributed by atoms with Crippen molar-refractivity contribution in [2.75, 3.05) is 26.7 Å². The average Bonchev–Trinajstić information content (AvgIpc) is 2.49. The lowest BCUT2D eigenvalue weighted by Gasteiger charge is -2.33. The molecule has 1 aromatic rings. The van der Waals surface area contributed by atoms with E-state index in [-0.39, 0.29) is 42.7 Å². The molecule has 0 saturated carbocycles. The van der Waals surface area contributed by atoms with Crippen molar-refractivity contribution in [2.24, 2.45) is 5.92 Å². The van der Waals surface area contributed by atoms with Crippen molar-refractivity contribution in [3.05, 3.63) is 35.9 Å². The number of hydrogen-bond acceptors (Lipinski definition) is 3. The van der Waals surface area contributed by atoms with Crippen molar-refractivity contribution in [3.8, 4) is 0 Å². The number of hydrogen-bond donors (Lipinski definition) is 2. The summed E-state index contributed by atoms with van der Waals surface area (Å²) in [5.74, 6) is 0.190. The van der Waals surface area contributed by atoms with Crippen molar-refractivity contribution in [1.29, 1.82) is 0 Å². The first-order valence-electron chi connectivity index (χ1n) is 7.90. The Balaban J connectivity index is 0.00000242. The molecule has 1 heterocycles. The van der Waals surface area contributed by atoms with E-state index in [9.17, 15) is 4.79 Å². The number of nitrogens with one attached hydrogen (secondary N) is 2. The van der Waals surface area contributed by atoms with E-state index >= 15 is 0 Å². The Kier molecular flexibility index (Phi) is 11.3. The van der Waals surface area contributed by atoms with Gasteiger partial charge in [-0.25, -0.2) is 0 Å². The zero-order valence-corrected chi connectivity index (χ0v) is 15.6. The Hall–Kier alpha value is -0.810. The fraction of sp³-hybridized carbons (Fsp3) is 0.588. The van der Waals surface area contributed by atoms with Gasteiger partial charge >= 0.3 is 0 Å². The molecular formula is C17H29Cl2N3O. The number of likely N-dealkylation sites (tertiary alicyclic amines) is 1. The Bertz CT molecular complexity index is 445. The summed E-state index contributed by atoms with van der Waals surface area (Å²) in [6.07, 6.45) is 2.24. The SMILES string of the molecule is CNCC(C)C(=O)NC1CCCN(Cc2ccccc2)C1.Cl.Cl. The number of nitrogens with zero attached hydrogens (tertiary/aromatic N) is 1. The molecule has 1 amide bonds. The molecule has 2 N–H and O–H groups in total. The second kappa shape index (κ2) is 11.7. The Morgan fingerprint density at radius 2 is 2.00 bits per heavy atom. The van der Waals surface area contributed by atoms with E-state index in [1.165, 1.54) is 5.56 Å². The minimum Gasteiger partial charge on any atom is -0.352 e. The van der Waals surface area contributed by atoms with Crippen LogP contribution in [-0.2, 0) is 11.3 Å². The minimum absolute atomic E-state index is 0. The van der Waals surface area contributed by atoms with E-state index in [2.05, 4.69) is 39.8 Å². The van der Waals surface area contributed by atoms with Crippen LogP contribution >= 0.6 is 24.8 Å². The molecule has 4 nitrogen and oxygen atoms in total. The number of halogens is 2. The van der Waals surface area contributed by atoms with Crippen molar-refractivity contribution in [1.82, 2.24) is 15.5 Å². The normalized spacial score (nSPS) is 19.1. The quantitative estimate of drug-likeness (QED) is 0.817. The highest BCUT2D eigenvalue weighted by atomic mass is 35.5. The van der Waals surface area contributed by atoms with Gasteiger partial charge in [0.15, 0.2) is 0 Å². The molecule has 23 heavy (non-hydrogen) atoms. The van der Waals surface area contributed by atoms with Gasteiger partial charge in [0.1, 0.15) is 0 Å². The number of rotatable bonds is 6. The zero-order chi connectivity index (χ0) is 15.1. The van der Waals surface area contributed by atoms with E-state index in [4.69, 9.17) is 0 Å². The largest absolute Gasteiger partial charge is 0.352 e. The topological polar surface area (TPSA) is 44.4 Å². The molecule has 0 spiro atoms. The molecule has 0 bridgehead atoms. The first-order chi connectivity index (χ1) is 10.2. The summed E-state index contributed by atoms with van der Waals surface area (Å²) in [6.45, 7) is 5.74. The third-order valence-electron chi connectivity index (χ3n) is 4.06. The van der Waals surface area contributed by atoms with Crippen LogP contribution in [0, 0.1) is 5.92 Å². The Morgan fingerprint density at radius 3 is 2.65 bits per heavy atom. The van der Waals surface area contributed by atoms with Crippen LogP contribution in [0.25, 0.3) is 0 Å². The van der Waals surface area contributed by atoms with Crippen LogP contribution in [0.4, 0.5) is 0 Å². The van der Waals surface area contributed by atoms with Gasteiger partial charge in [0.2, 0.25) is 5.91 Å². The van der Waals surface area contributed by atoms with Crippen molar-refractivity contribution < 1.29 is 4.79 Å². The zero-order valence-electron chi connectivity index (χ0n) is 14.0. The lowest BCUT2D eigenvalue weighted by molar-refractivity contribution is -0.125. The van der Waals surface area contributed by atoms with Crippen LogP contribution in [0.2, 0.25) is 0 Å². The van der Waals surface area contributed by atoms with Gasteiger partial charge in [-0.15, -0.1) is 24.8 Å². The molecule has 2 unspecified atom stereocenters. The van der Waals surface area contributed by atoms with E-state index < -0.39 is 0 Å². The van der Waals surface area contributed by atoms with Crippen molar-refractivity contribution in [3.63, 3.8) is 0 Å². The number of benzene rings is 1. The third kappa shape index (κ3) is 7.53. The van der Waals surface area contributed by atoms with E-state index in [1.807, 2.05) is 20.0 Å². The van der Waals surface area contributed by atoms with Crippen molar-refractivity contribution in [2.45, 2.75) is 32.4 Å². The Morgan fingerprint density at radius 1 is 1.30 bits per heavy atom. The van der Waals surface area contributed by atoms with Gasteiger partial charge in [0, 0.05) is 31.6 Å². The molecule has 1 aliphatic rings. The molecule has 132 valence electrons. The minimum atomic E-state index is 0. The highest BCUT2D eigenvalue weighted by molar-refractivity contribution is 5.85. The first-order valence-corrected chi connectivity index (χ1v) is 7.90. The first kappa shape index (κ1) is 22.2. The van der Waals surface area contributed by atoms with Gasteiger partial charge in [0.25, 0.3) is 0 Å². The third-order valence-corrected chi connectivity index (χ3v) is 4.06. The number of piperidine rings is 1. The van der Waals surface area contributed by atoms with Gasteiger partial charge in [-0.1, -0.05) is 37.3 Å². The molecule has 1 saturated heterocycles. The maximum Gasteiger partial charge on any atom is 0.224 e. The van der Waals surface area contributed by atoms with Crippen LogP contribution in [-0.4, -0.2) is 43.5 Å². The molecule has 2 atom stereocenters. The van der Waals surface area contributed by atoms with Gasteiger partial charge in [-0.2, -0.15) is 0 Å². The summed E-state index contributed by atoms with van der Waals surface area (Å²) in [5.41, 5.74) is 1.34. The molecule has 1 fully saturated rings. The number of amides is 1. The molecular weight excluding hydrogens is 333 g/mol. The molecule has 6 heteroatoms. The van der Waals surface area contributed by atoms with E-state index in [0.717, 1.165) is 39.0 Å². The fourth-order valence-corrected chi connectivity index (χ4v) is 2.90. The maximum atomic E-state index is 12.1. The maximum absolute atomic E-state index is 12.1. The molecule has 2 rings (SSSR count). The number of carbonyl (C=O) groups excluding carboxylic acids is 1. The summed E-state index contributed by atoms with van der Waals surface area (Å²) in [7, 11) is 1.88. The highest BCUT2D eigenvalue weighted by Gasteiger charge is 2.23. The van der Waals surface area contributed by atoms with Crippen LogP contribution in [0.5, 0.6) is 0 Å². The molecule has 0 aliphatic carbocycles. The molecule has 1 aromatic carbocycles. The van der Waals surface area contributed by atoms with Crippen LogP contribution < -0.4 is 10.6 Å². The second-order valence-electron chi connectivity index (χ2n) is 6.03. The average molecular weight is 362 g/mol. The smallest absolute Gasteiger partial charge is 0.224 e. The monoisotopic (exact) mass is 361 g/mol. The lowest BCUT2D eigenvalue weighted by Crippen LogP contribution is -2.49. The molecule has 0 radical (unpaired) electrons. The van der Waals surface area contributed by atoms with Crippen LogP contribution in [0.1, 0.15) is 25.3 Å². The van der Waals surface area contributed by atoms with Crippen LogP contribution in [0.3, 0.4) is 0 Å². The standard InChI is InChI=1S/C17H27N3O.2ClH/c1-14(11-18-2)17(21)19-16-9-6-10-20(13-16)12-15-7-4-3-5-8-15;;/h3-5,7-8,14,16,18H,6,9-13H2,1-2H3,(H,19,21);2*1H. The van der Waals surface area contributed by atoms with Gasteiger partial charge in [-0.05, 0) is 32.0 Å². The number of carbonyl (C=O) groups is 1. The van der Waals surface area contributed by atoms with Gasteiger partial charge in [-0.3, -0.25) is 9.69 Å². The van der Waals surface area contributed by atoms with Crippen LogP contribution in [0.15, 0.2) is 30.3 Å². The summed E-state index contributed by atoms with van der Waals surface area (Å²) < 4.78 is 0.